The van der Waals surface area contributed by atoms with Crippen molar-refractivity contribution in [3.8, 4) is 0 Å². The van der Waals surface area contributed by atoms with Gasteiger partial charge in [-0.3, -0.25) is 9.59 Å². The van der Waals surface area contributed by atoms with Gasteiger partial charge in [-0.2, -0.15) is 0 Å². The third-order valence-electron chi connectivity index (χ3n) is 4.52. The lowest BCUT2D eigenvalue weighted by Gasteiger charge is -2.03. The highest BCUT2D eigenvalue weighted by Gasteiger charge is 2.06. The predicted octanol–water partition coefficient (Wildman–Crippen LogP) is 7.36. The van der Waals surface area contributed by atoms with Crippen LogP contribution in [-0.4, -0.2) is 10.2 Å². The van der Waals surface area contributed by atoms with Crippen LogP contribution in [0.15, 0.2) is 58.3 Å². The summed E-state index contributed by atoms with van der Waals surface area (Å²) in [4.78, 5) is 26.1. The number of hydrogen-bond acceptors (Lipinski definition) is 4. The molecular weight excluding hydrogens is 384 g/mol. The Morgan fingerprint density at radius 3 is 1.25 bits per heavy atom. The molecule has 0 aliphatic carbocycles. The number of rotatable bonds is 11. The van der Waals surface area contributed by atoms with Gasteiger partial charge in [0.2, 0.25) is 0 Å². The van der Waals surface area contributed by atoms with E-state index in [1.807, 2.05) is 48.5 Å². The van der Waals surface area contributed by atoms with Gasteiger partial charge in [-0.25, -0.2) is 0 Å². The van der Waals surface area contributed by atoms with Gasteiger partial charge < -0.3 is 0 Å². The van der Waals surface area contributed by atoms with E-state index in [1.54, 1.807) is 0 Å². The number of carbonyl (C=O) groups is 2. The summed E-state index contributed by atoms with van der Waals surface area (Å²) in [6, 6.07) is 16.2. The zero-order chi connectivity index (χ0) is 20.2. The Bertz CT molecular complexity index is 671. The fourth-order valence-corrected chi connectivity index (χ4v) is 4.39. The number of carbonyl (C=O) groups excluding carboxylic acids is 2. The molecule has 0 unspecified atom stereocenters. The molecule has 0 fully saturated rings. The summed E-state index contributed by atoms with van der Waals surface area (Å²) in [5.74, 6) is 0. The van der Waals surface area contributed by atoms with Crippen LogP contribution in [0.2, 0.25) is 0 Å². The molecule has 2 aromatic carbocycles. The van der Waals surface area contributed by atoms with Gasteiger partial charge in [0.15, 0.2) is 10.2 Å². The minimum atomic E-state index is 0.252. The number of aryl methyl sites for hydroxylation is 2. The first kappa shape index (κ1) is 22.8. The van der Waals surface area contributed by atoms with Crippen molar-refractivity contribution in [1.29, 1.82) is 0 Å². The maximum absolute atomic E-state index is 12.0. The molecule has 0 saturated heterocycles. The molecule has 0 N–H and O–H groups in total. The first-order valence-electron chi connectivity index (χ1n) is 10.1. The Morgan fingerprint density at radius 2 is 0.893 bits per heavy atom. The summed E-state index contributed by atoms with van der Waals surface area (Å²) < 4.78 is 0. The van der Waals surface area contributed by atoms with E-state index in [0.717, 1.165) is 48.3 Å². The summed E-state index contributed by atoms with van der Waals surface area (Å²) in [6.45, 7) is 4.10. The molecule has 0 aromatic heterocycles. The molecule has 0 heterocycles. The van der Waals surface area contributed by atoms with Crippen LogP contribution in [-0.2, 0) is 9.59 Å². The lowest BCUT2D eigenvalue weighted by molar-refractivity contribution is -0.111. The Labute approximate surface area is 177 Å². The molecule has 28 heavy (non-hydrogen) atoms. The standard InChI is InChI=1S/C24H30O2S2/c1-19-11-15-21(16-12-19)27-23(25)9-7-5-3-4-6-8-10-24(26)28-22-17-13-20(2)14-18-22/h11-18H,3-10H2,1-2H3. The smallest absolute Gasteiger partial charge is 0.193 e. The molecule has 2 aromatic rings. The lowest BCUT2D eigenvalue weighted by atomic mass is 10.1. The van der Waals surface area contributed by atoms with Crippen molar-refractivity contribution >= 4 is 33.8 Å². The van der Waals surface area contributed by atoms with Gasteiger partial charge in [-0.15, -0.1) is 0 Å². The third-order valence-corrected chi connectivity index (χ3v) is 6.40. The molecule has 0 radical (unpaired) electrons. The molecule has 2 nitrogen and oxygen atoms in total. The Hall–Kier alpha value is -1.52. The van der Waals surface area contributed by atoms with E-state index in [4.69, 9.17) is 0 Å². The van der Waals surface area contributed by atoms with Crippen molar-refractivity contribution < 1.29 is 9.59 Å². The van der Waals surface area contributed by atoms with Gasteiger partial charge >= 0.3 is 0 Å². The average molecular weight is 415 g/mol. The summed E-state index contributed by atoms with van der Waals surface area (Å²) in [6.07, 6.45) is 7.66. The molecule has 150 valence electrons. The quantitative estimate of drug-likeness (QED) is 0.284. The van der Waals surface area contributed by atoms with Crippen LogP contribution < -0.4 is 0 Å². The molecule has 0 aliphatic heterocycles. The van der Waals surface area contributed by atoms with Crippen LogP contribution in [0.3, 0.4) is 0 Å². The van der Waals surface area contributed by atoms with E-state index in [9.17, 15) is 9.59 Å². The highest BCUT2D eigenvalue weighted by molar-refractivity contribution is 8.13. The monoisotopic (exact) mass is 414 g/mol. The van der Waals surface area contributed by atoms with Crippen molar-refractivity contribution in [2.75, 3.05) is 0 Å². The van der Waals surface area contributed by atoms with Gasteiger partial charge in [-0.1, -0.05) is 84.6 Å². The van der Waals surface area contributed by atoms with Gasteiger partial charge in [0.1, 0.15) is 0 Å². The van der Waals surface area contributed by atoms with Crippen LogP contribution in [0.1, 0.15) is 62.5 Å². The fourth-order valence-electron chi connectivity index (χ4n) is 2.82. The van der Waals surface area contributed by atoms with Crippen molar-refractivity contribution in [2.45, 2.75) is 75.0 Å². The summed E-state index contributed by atoms with van der Waals surface area (Å²) in [5, 5.41) is 0.505. The van der Waals surface area contributed by atoms with E-state index in [0.29, 0.717) is 12.8 Å². The number of benzene rings is 2. The van der Waals surface area contributed by atoms with Gasteiger partial charge in [0.05, 0.1) is 0 Å². The number of hydrogen-bond donors (Lipinski definition) is 0. The Balaban J connectivity index is 1.45. The van der Waals surface area contributed by atoms with Crippen LogP contribution in [0.4, 0.5) is 0 Å². The molecule has 0 bridgehead atoms. The highest BCUT2D eigenvalue weighted by Crippen LogP contribution is 2.23. The summed E-state index contributed by atoms with van der Waals surface area (Å²) >= 11 is 2.70. The van der Waals surface area contributed by atoms with E-state index < -0.39 is 0 Å². The topological polar surface area (TPSA) is 34.1 Å². The first-order chi connectivity index (χ1) is 13.5. The van der Waals surface area contributed by atoms with Crippen molar-refractivity contribution in [3.63, 3.8) is 0 Å². The van der Waals surface area contributed by atoms with Crippen LogP contribution >= 0.6 is 23.5 Å². The van der Waals surface area contributed by atoms with E-state index in [1.165, 1.54) is 34.7 Å². The fraction of sp³-hybridized carbons (Fsp3) is 0.417. The summed E-state index contributed by atoms with van der Waals surface area (Å²) in [7, 11) is 0. The molecule has 0 amide bonds. The zero-order valence-corrected chi connectivity index (χ0v) is 18.5. The second-order valence-corrected chi connectivity index (χ2v) is 9.46. The minimum absolute atomic E-state index is 0.252. The average Bonchev–Trinajstić information content (AvgIpc) is 2.67. The van der Waals surface area contributed by atoms with Crippen LogP contribution in [0.25, 0.3) is 0 Å². The van der Waals surface area contributed by atoms with Gasteiger partial charge in [0, 0.05) is 22.6 Å². The maximum Gasteiger partial charge on any atom is 0.193 e. The molecule has 4 heteroatoms. The summed E-state index contributed by atoms with van der Waals surface area (Å²) in [5.41, 5.74) is 2.43. The second kappa shape index (κ2) is 12.8. The van der Waals surface area contributed by atoms with Crippen LogP contribution in [0.5, 0.6) is 0 Å². The van der Waals surface area contributed by atoms with Crippen molar-refractivity contribution in [3.05, 3.63) is 59.7 Å². The molecule has 2 rings (SSSR count). The van der Waals surface area contributed by atoms with E-state index in [2.05, 4.69) is 13.8 Å². The first-order valence-corrected chi connectivity index (χ1v) is 11.7. The predicted molar refractivity (Wildman–Crippen MR) is 121 cm³/mol. The Kier molecular flexibility index (Phi) is 10.4. The van der Waals surface area contributed by atoms with Crippen molar-refractivity contribution in [2.24, 2.45) is 0 Å². The molecule has 0 aliphatic rings. The van der Waals surface area contributed by atoms with Crippen molar-refractivity contribution in [1.82, 2.24) is 0 Å². The molecule has 0 spiro atoms. The number of thioether (sulfide) groups is 2. The minimum Gasteiger partial charge on any atom is -0.287 e. The van der Waals surface area contributed by atoms with E-state index >= 15 is 0 Å². The Morgan fingerprint density at radius 1 is 0.571 bits per heavy atom. The van der Waals surface area contributed by atoms with Gasteiger partial charge in [0.25, 0.3) is 0 Å². The zero-order valence-electron chi connectivity index (χ0n) is 16.9. The molecular formula is C24H30O2S2. The SMILES string of the molecule is Cc1ccc(SC(=O)CCCCCCCCC(=O)Sc2ccc(C)cc2)cc1. The second-order valence-electron chi connectivity index (χ2n) is 7.20. The number of unbranched alkanes of at least 4 members (excludes halogenated alkanes) is 5. The maximum atomic E-state index is 12.0. The largest absolute Gasteiger partial charge is 0.287 e. The normalized spacial score (nSPS) is 10.8. The van der Waals surface area contributed by atoms with E-state index in [-0.39, 0.29) is 10.2 Å². The lowest BCUT2D eigenvalue weighted by Crippen LogP contribution is -1.93. The third kappa shape index (κ3) is 9.61. The molecule has 0 saturated carbocycles. The van der Waals surface area contributed by atoms with Gasteiger partial charge in [-0.05, 0) is 51.0 Å². The van der Waals surface area contributed by atoms with Crippen LogP contribution in [0, 0.1) is 13.8 Å². The molecule has 0 atom stereocenters. The highest BCUT2D eigenvalue weighted by atomic mass is 32.2.